The molecule has 0 unspecified atom stereocenters. The third-order valence-electron chi connectivity index (χ3n) is 0.440. The zero-order chi connectivity index (χ0) is 5.91. The van der Waals surface area contributed by atoms with Gasteiger partial charge in [-0.15, -0.1) is 0 Å². The molecule has 0 spiro atoms. The minimum atomic E-state index is -2.17. The molecule has 0 rings (SSSR count). The Bertz CT molecular complexity index is 88.0. The summed E-state index contributed by atoms with van der Waals surface area (Å²) in [7, 11) is -2.17. The van der Waals surface area contributed by atoms with Crippen molar-refractivity contribution in [3.8, 4) is 0 Å². The summed E-state index contributed by atoms with van der Waals surface area (Å²) in [6.07, 6.45) is 0. The van der Waals surface area contributed by atoms with E-state index >= 15 is 0 Å². The Morgan fingerprint density at radius 2 is 1.88 bits per heavy atom. The number of rotatable bonds is 2. The van der Waals surface area contributed by atoms with E-state index in [1.165, 1.54) is 0 Å². The van der Waals surface area contributed by atoms with Crippen LogP contribution in [-0.4, -0.2) is 19.9 Å². The second-order valence-electron chi connectivity index (χ2n) is 1.67. The Morgan fingerprint density at radius 3 is 1.88 bits per heavy atom. The van der Waals surface area contributed by atoms with E-state index in [0.29, 0.717) is 6.61 Å². The van der Waals surface area contributed by atoms with Gasteiger partial charge in [-0.05, 0) is 6.92 Å². The van der Waals surface area contributed by atoms with E-state index in [2.05, 4.69) is 0 Å². The molecule has 0 heterocycles. The second kappa shape index (κ2) is 4.75. The molecule has 48 valence electrons. The maximum absolute atomic E-state index is 10.6. The topological polar surface area (TPSA) is 26.3 Å². The fourth-order valence-electron chi connectivity index (χ4n) is 0.311. The molecule has 0 aliphatic carbocycles. The summed E-state index contributed by atoms with van der Waals surface area (Å²) in [4.78, 5) is 0. The Morgan fingerprint density at radius 1 is 1.50 bits per heavy atom. The van der Waals surface area contributed by atoms with Crippen molar-refractivity contribution in [2.24, 2.45) is 0 Å². The molecule has 0 radical (unpaired) electrons. The predicted molar refractivity (Wildman–Crippen MR) is 31.1 cm³/mol. The van der Waals surface area contributed by atoms with Gasteiger partial charge in [0, 0.05) is 35.0 Å². The van der Waals surface area contributed by atoms with Gasteiger partial charge in [0.1, 0.15) is 0 Å². The predicted octanol–water partition coefficient (Wildman–Crippen LogP) is 1.56. The molecule has 0 saturated heterocycles. The van der Waals surface area contributed by atoms with Crippen molar-refractivity contribution in [1.82, 2.24) is 0 Å². The number of hydrogen-bond donors (Lipinski definition) is 0. The molecule has 4 heteroatoms. The van der Waals surface area contributed by atoms with Gasteiger partial charge in [-0.25, -0.2) is 0 Å². The largest absolute Gasteiger partial charge is 0.329 e. The first kappa shape index (κ1) is 11.7. The van der Waals surface area contributed by atoms with Crippen LogP contribution in [0.4, 0.5) is 0 Å². The van der Waals surface area contributed by atoms with E-state index in [1.807, 2.05) is 6.92 Å². The molecule has 0 saturated carbocycles. The van der Waals surface area contributed by atoms with Crippen LogP contribution in [0.3, 0.4) is 0 Å². The summed E-state index contributed by atoms with van der Waals surface area (Å²) in [6, 6.07) is 0. The maximum Gasteiger partial charge on any atom is 0.197 e. The van der Waals surface area contributed by atoms with Crippen molar-refractivity contribution in [3.05, 3.63) is 0 Å². The van der Waals surface area contributed by atoms with E-state index in [1.54, 1.807) is 13.3 Å². The maximum atomic E-state index is 10.6. The molecule has 0 bridgehead atoms. The molecule has 0 amide bonds. The van der Waals surface area contributed by atoms with Gasteiger partial charge < -0.3 is 4.52 Å². The van der Waals surface area contributed by atoms with Crippen molar-refractivity contribution in [2.75, 3.05) is 19.9 Å². The molecule has 0 N–H and O–H groups in total. The van der Waals surface area contributed by atoms with Crippen molar-refractivity contribution < 1.29 is 30.8 Å². The molecule has 0 aliphatic rings. The van der Waals surface area contributed by atoms with Crippen LogP contribution in [0.1, 0.15) is 6.92 Å². The average molecular weight is 170 g/mol. The SMILES string of the molecule is CCOP(C)(C)=O.[Ti]. The average Bonchev–Trinajstić information content (AvgIpc) is 1.30. The van der Waals surface area contributed by atoms with Crippen LogP contribution in [0.15, 0.2) is 0 Å². The van der Waals surface area contributed by atoms with Crippen LogP contribution >= 0.6 is 7.37 Å². The van der Waals surface area contributed by atoms with Crippen LogP contribution in [0.2, 0.25) is 0 Å². The van der Waals surface area contributed by atoms with E-state index in [0.717, 1.165) is 0 Å². The van der Waals surface area contributed by atoms with Crippen LogP contribution in [-0.2, 0) is 30.8 Å². The molecule has 0 atom stereocenters. The molecule has 0 aromatic rings. The third kappa shape index (κ3) is 10.0. The summed E-state index contributed by atoms with van der Waals surface area (Å²) in [5.41, 5.74) is 0. The van der Waals surface area contributed by atoms with E-state index < -0.39 is 7.37 Å². The van der Waals surface area contributed by atoms with Gasteiger partial charge >= 0.3 is 0 Å². The monoisotopic (exact) mass is 170 g/mol. The zero-order valence-electron chi connectivity index (χ0n) is 5.47. The van der Waals surface area contributed by atoms with Crippen molar-refractivity contribution in [3.63, 3.8) is 0 Å². The van der Waals surface area contributed by atoms with Crippen molar-refractivity contribution >= 4 is 7.37 Å². The molecule has 0 fully saturated rings. The second-order valence-corrected chi connectivity index (χ2v) is 4.43. The Labute approximate surface area is 65.3 Å². The first-order valence-corrected chi connectivity index (χ1v) is 4.77. The van der Waals surface area contributed by atoms with Gasteiger partial charge in [-0.1, -0.05) is 0 Å². The van der Waals surface area contributed by atoms with Crippen molar-refractivity contribution in [2.45, 2.75) is 6.92 Å². The molecule has 0 aliphatic heterocycles. The fourth-order valence-corrected chi connectivity index (χ4v) is 0.933. The van der Waals surface area contributed by atoms with Crippen LogP contribution < -0.4 is 0 Å². The van der Waals surface area contributed by atoms with E-state index in [4.69, 9.17) is 4.52 Å². The van der Waals surface area contributed by atoms with E-state index in [-0.39, 0.29) is 21.7 Å². The summed E-state index contributed by atoms with van der Waals surface area (Å²) >= 11 is 0. The summed E-state index contributed by atoms with van der Waals surface area (Å²) in [5.74, 6) is 0. The van der Waals surface area contributed by atoms with Gasteiger partial charge in [-0.2, -0.15) is 0 Å². The van der Waals surface area contributed by atoms with Crippen LogP contribution in [0.5, 0.6) is 0 Å². The minimum Gasteiger partial charge on any atom is -0.329 e. The summed E-state index contributed by atoms with van der Waals surface area (Å²) < 4.78 is 15.4. The summed E-state index contributed by atoms with van der Waals surface area (Å²) in [6.45, 7) is 5.59. The van der Waals surface area contributed by atoms with Gasteiger partial charge in [0.2, 0.25) is 0 Å². The van der Waals surface area contributed by atoms with Crippen molar-refractivity contribution in [1.29, 1.82) is 0 Å². The van der Waals surface area contributed by atoms with Gasteiger partial charge in [0.25, 0.3) is 0 Å². The standard InChI is InChI=1S/C4H11O2P.Ti/c1-4-6-7(2,3)5;/h4H2,1-3H3;. The van der Waals surface area contributed by atoms with Crippen LogP contribution in [0.25, 0.3) is 0 Å². The van der Waals surface area contributed by atoms with E-state index in [9.17, 15) is 4.57 Å². The first-order chi connectivity index (χ1) is 3.06. The van der Waals surface area contributed by atoms with Gasteiger partial charge in [0.05, 0.1) is 6.61 Å². The quantitative estimate of drug-likeness (QED) is 0.464. The van der Waals surface area contributed by atoms with Gasteiger partial charge in [-0.3, -0.25) is 4.57 Å². The van der Waals surface area contributed by atoms with Gasteiger partial charge in [0.15, 0.2) is 7.37 Å². The number of hydrogen-bond acceptors (Lipinski definition) is 2. The zero-order valence-corrected chi connectivity index (χ0v) is 7.93. The molecular formula is C4H11O2PTi. The Kier molecular flexibility index (Phi) is 6.93. The molecular weight excluding hydrogens is 159 g/mol. The fraction of sp³-hybridized carbons (Fsp3) is 1.00. The van der Waals surface area contributed by atoms with Crippen LogP contribution in [0, 0.1) is 0 Å². The smallest absolute Gasteiger partial charge is 0.197 e. The molecule has 0 aromatic heterocycles. The normalized spacial score (nSPS) is 10.4. The Balaban J connectivity index is 0. The molecule has 8 heavy (non-hydrogen) atoms. The first-order valence-electron chi connectivity index (χ1n) is 2.26. The third-order valence-corrected chi connectivity index (χ3v) is 1.32. The minimum absolute atomic E-state index is 0. The molecule has 2 nitrogen and oxygen atoms in total. The summed E-state index contributed by atoms with van der Waals surface area (Å²) in [5, 5.41) is 0. The molecule has 0 aromatic carbocycles. The Hall–Kier alpha value is 0.904.